The molecule has 1 N–H and O–H groups in total. The summed E-state index contributed by atoms with van der Waals surface area (Å²) in [7, 11) is 0. The summed E-state index contributed by atoms with van der Waals surface area (Å²) >= 11 is 0. The Kier molecular flexibility index (Phi) is 4.49. The monoisotopic (exact) mass is 330 g/mol. The molecule has 3 nitrogen and oxygen atoms in total. The predicted molar refractivity (Wildman–Crippen MR) is 103 cm³/mol. The Bertz CT molecular complexity index is 956. The van der Waals surface area contributed by atoms with Gasteiger partial charge in [0.25, 0.3) is 5.56 Å². The van der Waals surface area contributed by atoms with Crippen LogP contribution in [0.25, 0.3) is 10.9 Å². The van der Waals surface area contributed by atoms with Crippen LogP contribution in [0.5, 0.6) is 0 Å². The average Bonchev–Trinajstić information content (AvgIpc) is 2.65. The Morgan fingerprint density at radius 3 is 2.60 bits per heavy atom. The van der Waals surface area contributed by atoms with Crippen molar-refractivity contribution in [1.82, 2.24) is 9.88 Å². The highest BCUT2D eigenvalue weighted by Gasteiger charge is 2.14. The summed E-state index contributed by atoms with van der Waals surface area (Å²) in [6, 6.07) is 20.6. The van der Waals surface area contributed by atoms with E-state index in [0.717, 1.165) is 42.4 Å². The molecule has 1 aliphatic heterocycles. The number of nitrogens with zero attached hydrogens (tertiary/aromatic N) is 1. The molecule has 1 aliphatic rings. The van der Waals surface area contributed by atoms with Crippen LogP contribution in [-0.4, -0.2) is 23.0 Å². The van der Waals surface area contributed by atoms with E-state index in [0.29, 0.717) is 6.54 Å². The lowest BCUT2D eigenvalue weighted by Gasteiger charge is -2.26. The smallest absolute Gasteiger partial charge is 0.252 e. The van der Waals surface area contributed by atoms with E-state index in [1.54, 1.807) is 0 Å². The van der Waals surface area contributed by atoms with E-state index in [9.17, 15) is 4.79 Å². The number of rotatable bonds is 4. The number of hydrogen-bond acceptors (Lipinski definition) is 2. The Balaban J connectivity index is 1.45. The molecular weight excluding hydrogens is 308 g/mol. The Hall–Kier alpha value is -2.65. The summed E-state index contributed by atoms with van der Waals surface area (Å²) in [5.74, 6) is 0. The van der Waals surface area contributed by atoms with Gasteiger partial charge in [-0.05, 0) is 35.9 Å². The Labute approximate surface area is 147 Å². The maximum atomic E-state index is 12.3. The summed E-state index contributed by atoms with van der Waals surface area (Å²) in [5.41, 5.74) is 4.64. The maximum absolute atomic E-state index is 12.3. The first-order valence-electron chi connectivity index (χ1n) is 8.83. The molecule has 25 heavy (non-hydrogen) atoms. The van der Waals surface area contributed by atoms with E-state index in [2.05, 4.69) is 46.3 Å². The van der Waals surface area contributed by atoms with Crippen LogP contribution in [0.2, 0.25) is 0 Å². The number of fused-ring (bicyclic) bond motifs is 1. The summed E-state index contributed by atoms with van der Waals surface area (Å²) in [6.45, 7) is 2.62. The van der Waals surface area contributed by atoms with Crippen LogP contribution in [0.1, 0.15) is 17.5 Å². The van der Waals surface area contributed by atoms with Crippen LogP contribution in [0, 0.1) is 0 Å². The van der Waals surface area contributed by atoms with Gasteiger partial charge in [0.1, 0.15) is 0 Å². The van der Waals surface area contributed by atoms with Gasteiger partial charge < -0.3 is 4.98 Å². The van der Waals surface area contributed by atoms with Crippen LogP contribution in [0.15, 0.2) is 77.1 Å². The third kappa shape index (κ3) is 3.72. The minimum Gasteiger partial charge on any atom is -0.322 e. The molecule has 0 spiro atoms. The number of aromatic nitrogens is 1. The molecule has 0 fully saturated rings. The first-order valence-corrected chi connectivity index (χ1v) is 8.83. The van der Waals surface area contributed by atoms with E-state index in [-0.39, 0.29) is 5.56 Å². The van der Waals surface area contributed by atoms with Crippen LogP contribution in [0.4, 0.5) is 0 Å². The number of pyridine rings is 1. The predicted octanol–water partition coefficient (Wildman–Crippen LogP) is 3.90. The molecule has 4 rings (SSSR count). The standard InChI is InChI=1S/C22H22N2O/c25-22-20(15-19-8-4-5-9-21(19)23-22)16-24-12-10-18(11-13-24)14-17-6-2-1-3-7-17/h1-10,15H,11-14,16H2,(H,23,25). The number of hydrogen-bond donors (Lipinski definition) is 1. The SMILES string of the molecule is O=c1[nH]c2ccccc2cc1CN1CC=C(Cc2ccccc2)CC1. The number of nitrogens with one attached hydrogen (secondary N) is 1. The maximum Gasteiger partial charge on any atom is 0.252 e. The van der Waals surface area contributed by atoms with Gasteiger partial charge in [-0.3, -0.25) is 9.69 Å². The fourth-order valence-corrected chi connectivity index (χ4v) is 3.47. The van der Waals surface area contributed by atoms with Crippen molar-refractivity contribution in [1.29, 1.82) is 0 Å². The fraction of sp³-hybridized carbons (Fsp3) is 0.227. The molecule has 0 saturated carbocycles. The van der Waals surface area contributed by atoms with Crippen molar-refractivity contribution >= 4 is 10.9 Å². The molecule has 126 valence electrons. The lowest BCUT2D eigenvalue weighted by atomic mass is 9.99. The van der Waals surface area contributed by atoms with Gasteiger partial charge >= 0.3 is 0 Å². The first kappa shape index (κ1) is 15.9. The molecule has 0 saturated heterocycles. The quantitative estimate of drug-likeness (QED) is 0.737. The van der Waals surface area contributed by atoms with Crippen LogP contribution in [0.3, 0.4) is 0 Å². The molecule has 0 radical (unpaired) electrons. The van der Waals surface area contributed by atoms with Crippen molar-refractivity contribution in [2.45, 2.75) is 19.4 Å². The highest BCUT2D eigenvalue weighted by molar-refractivity contribution is 5.78. The topological polar surface area (TPSA) is 36.1 Å². The summed E-state index contributed by atoms with van der Waals surface area (Å²) in [5, 5.41) is 1.09. The van der Waals surface area contributed by atoms with Crippen molar-refractivity contribution in [2.24, 2.45) is 0 Å². The molecule has 0 atom stereocenters. The molecule has 2 aromatic carbocycles. The van der Waals surface area contributed by atoms with Gasteiger partial charge in [-0.15, -0.1) is 0 Å². The second-order valence-corrected chi connectivity index (χ2v) is 6.72. The number of aromatic amines is 1. The highest BCUT2D eigenvalue weighted by Crippen LogP contribution is 2.18. The van der Waals surface area contributed by atoms with Gasteiger partial charge in [-0.25, -0.2) is 0 Å². The minimum atomic E-state index is 0.0257. The molecular formula is C22H22N2O. The van der Waals surface area contributed by atoms with Gasteiger partial charge in [0.15, 0.2) is 0 Å². The second kappa shape index (κ2) is 7.08. The normalized spacial score (nSPS) is 15.3. The van der Waals surface area contributed by atoms with Crippen molar-refractivity contribution in [3.05, 3.63) is 93.8 Å². The largest absolute Gasteiger partial charge is 0.322 e. The zero-order chi connectivity index (χ0) is 17.1. The molecule has 3 aromatic rings. The number of benzene rings is 2. The van der Waals surface area contributed by atoms with Crippen molar-refractivity contribution in [3.63, 3.8) is 0 Å². The molecule has 0 bridgehead atoms. The van der Waals surface area contributed by atoms with Gasteiger partial charge in [-0.1, -0.05) is 60.2 Å². The zero-order valence-corrected chi connectivity index (χ0v) is 14.2. The Morgan fingerprint density at radius 2 is 1.80 bits per heavy atom. The lowest BCUT2D eigenvalue weighted by Crippen LogP contribution is -2.31. The average molecular weight is 330 g/mol. The number of para-hydroxylation sites is 1. The molecule has 0 unspecified atom stereocenters. The van der Waals surface area contributed by atoms with Gasteiger partial charge in [-0.2, -0.15) is 0 Å². The third-order valence-corrected chi connectivity index (χ3v) is 4.89. The van der Waals surface area contributed by atoms with Gasteiger partial charge in [0.05, 0.1) is 0 Å². The highest BCUT2D eigenvalue weighted by atomic mass is 16.1. The molecule has 0 amide bonds. The Morgan fingerprint density at radius 1 is 1.00 bits per heavy atom. The van der Waals surface area contributed by atoms with E-state index in [1.807, 2.05) is 30.3 Å². The van der Waals surface area contributed by atoms with E-state index in [4.69, 9.17) is 0 Å². The van der Waals surface area contributed by atoms with Crippen LogP contribution < -0.4 is 5.56 Å². The van der Waals surface area contributed by atoms with E-state index >= 15 is 0 Å². The molecule has 2 heterocycles. The van der Waals surface area contributed by atoms with Crippen molar-refractivity contribution < 1.29 is 0 Å². The fourth-order valence-electron chi connectivity index (χ4n) is 3.47. The summed E-state index contributed by atoms with van der Waals surface area (Å²) in [4.78, 5) is 17.6. The van der Waals surface area contributed by atoms with E-state index < -0.39 is 0 Å². The molecule has 1 aromatic heterocycles. The first-order chi connectivity index (χ1) is 12.3. The lowest BCUT2D eigenvalue weighted by molar-refractivity contribution is 0.284. The summed E-state index contributed by atoms with van der Waals surface area (Å²) < 4.78 is 0. The third-order valence-electron chi connectivity index (χ3n) is 4.89. The van der Waals surface area contributed by atoms with Gasteiger partial charge in [0.2, 0.25) is 0 Å². The minimum absolute atomic E-state index is 0.0257. The molecule has 0 aliphatic carbocycles. The summed E-state index contributed by atoms with van der Waals surface area (Å²) in [6.07, 6.45) is 4.43. The van der Waals surface area contributed by atoms with E-state index in [1.165, 1.54) is 11.1 Å². The van der Waals surface area contributed by atoms with Crippen molar-refractivity contribution in [3.8, 4) is 0 Å². The van der Waals surface area contributed by atoms with Crippen LogP contribution in [-0.2, 0) is 13.0 Å². The van der Waals surface area contributed by atoms with Crippen molar-refractivity contribution in [2.75, 3.05) is 13.1 Å². The second-order valence-electron chi connectivity index (χ2n) is 6.72. The number of H-pyrrole nitrogens is 1. The van der Waals surface area contributed by atoms with Gasteiger partial charge in [0, 0.05) is 30.7 Å². The van der Waals surface area contributed by atoms with Crippen LogP contribution >= 0.6 is 0 Å². The molecule has 3 heteroatoms. The zero-order valence-electron chi connectivity index (χ0n) is 14.2.